The van der Waals surface area contributed by atoms with Crippen molar-refractivity contribution in [1.82, 2.24) is 0 Å². The van der Waals surface area contributed by atoms with Gasteiger partial charge in [-0.15, -0.1) is 0 Å². The van der Waals surface area contributed by atoms with Crippen molar-refractivity contribution < 1.29 is 14.3 Å². The van der Waals surface area contributed by atoms with Crippen LogP contribution in [0.2, 0.25) is 0 Å². The fourth-order valence-electron chi connectivity index (χ4n) is 3.12. The van der Waals surface area contributed by atoms with Crippen molar-refractivity contribution in [3.05, 3.63) is 95.1 Å². The van der Waals surface area contributed by atoms with E-state index in [0.29, 0.717) is 22.4 Å². The Kier molecular flexibility index (Phi) is 6.21. The van der Waals surface area contributed by atoms with E-state index < -0.39 is 0 Å². The van der Waals surface area contributed by atoms with Crippen molar-refractivity contribution in [2.45, 2.75) is 40.0 Å². The third-order valence-corrected chi connectivity index (χ3v) is 5.03. The highest BCUT2D eigenvalue weighted by Crippen LogP contribution is 2.27. The molecule has 0 aliphatic carbocycles. The second kappa shape index (κ2) is 8.66. The Bertz CT molecular complexity index is 1020. The number of carbonyl (C=O) groups excluding carboxylic acids is 2. The fourth-order valence-corrected chi connectivity index (χ4v) is 3.12. The lowest BCUT2D eigenvalue weighted by molar-refractivity contribution is 0.0938. The summed E-state index contributed by atoms with van der Waals surface area (Å²) < 4.78 is 5.90. The van der Waals surface area contributed by atoms with E-state index >= 15 is 0 Å². The van der Waals surface area contributed by atoms with Crippen LogP contribution in [0.5, 0.6) is 11.5 Å². The highest BCUT2D eigenvalue weighted by atomic mass is 16.5. The molecule has 0 spiro atoms. The first-order valence-electron chi connectivity index (χ1n) is 10.2. The van der Waals surface area contributed by atoms with Gasteiger partial charge in [0.05, 0.1) is 0 Å². The fraction of sp³-hybridized carbons (Fsp3) is 0.259. The summed E-state index contributed by atoms with van der Waals surface area (Å²) in [6.45, 7) is 10.3. The van der Waals surface area contributed by atoms with Gasteiger partial charge in [-0.3, -0.25) is 9.59 Å². The van der Waals surface area contributed by atoms with Crippen LogP contribution in [0.25, 0.3) is 0 Å². The average molecular weight is 401 g/mol. The molecule has 0 aliphatic rings. The summed E-state index contributed by atoms with van der Waals surface area (Å²) in [6, 6.07) is 22.0. The van der Waals surface area contributed by atoms with Gasteiger partial charge in [0.2, 0.25) is 0 Å². The number of Topliss-reactive ketones (excluding diaryl/α,β-unsaturated/α-hetero) is 1. The molecule has 154 valence electrons. The van der Waals surface area contributed by atoms with E-state index in [1.807, 2.05) is 26.0 Å². The molecule has 0 bridgehead atoms. The van der Waals surface area contributed by atoms with Crippen LogP contribution in [-0.4, -0.2) is 11.6 Å². The van der Waals surface area contributed by atoms with Gasteiger partial charge in [0.1, 0.15) is 11.5 Å². The van der Waals surface area contributed by atoms with E-state index in [4.69, 9.17) is 4.74 Å². The third kappa shape index (κ3) is 5.04. The van der Waals surface area contributed by atoms with Crippen molar-refractivity contribution in [2.24, 2.45) is 5.92 Å². The molecular weight excluding hydrogens is 372 g/mol. The van der Waals surface area contributed by atoms with Gasteiger partial charge in [-0.25, -0.2) is 0 Å². The molecule has 0 radical (unpaired) electrons. The van der Waals surface area contributed by atoms with Crippen molar-refractivity contribution in [2.75, 3.05) is 0 Å². The Morgan fingerprint density at radius 2 is 1.07 bits per heavy atom. The van der Waals surface area contributed by atoms with E-state index in [2.05, 4.69) is 32.9 Å². The van der Waals surface area contributed by atoms with Crippen LogP contribution in [0, 0.1) is 5.92 Å². The molecule has 0 saturated heterocycles. The molecule has 0 aliphatic heterocycles. The lowest BCUT2D eigenvalue weighted by Crippen LogP contribution is -2.10. The van der Waals surface area contributed by atoms with Gasteiger partial charge >= 0.3 is 0 Å². The van der Waals surface area contributed by atoms with Gasteiger partial charge in [0.25, 0.3) is 0 Å². The van der Waals surface area contributed by atoms with Crippen LogP contribution < -0.4 is 4.74 Å². The maximum atomic E-state index is 12.7. The van der Waals surface area contributed by atoms with E-state index in [-0.39, 0.29) is 22.9 Å². The second-order valence-electron chi connectivity index (χ2n) is 8.83. The number of ketones is 2. The maximum Gasteiger partial charge on any atom is 0.193 e. The number of ether oxygens (including phenoxy) is 1. The second-order valence-corrected chi connectivity index (χ2v) is 8.83. The Morgan fingerprint density at radius 3 is 1.50 bits per heavy atom. The zero-order valence-electron chi connectivity index (χ0n) is 18.2. The summed E-state index contributed by atoms with van der Waals surface area (Å²) >= 11 is 0. The largest absolute Gasteiger partial charge is 0.457 e. The average Bonchev–Trinajstić information content (AvgIpc) is 2.73. The molecule has 3 heteroatoms. The zero-order valence-corrected chi connectivity index (χ0v) is 18.2. The lowest BCUT2D eigenvalue weighted by atomic mass is 9.87. The van der Waals surface area contributed by atoms with Crippen LogP contribution in [0.3, 0.4) is 0 Å². The molecule has 0 fully saturated rings. The summed E-state index contributed by atoms with van der Waals surface area (Å²) in [5, 5.41) is 0. The number of benzene rings is 3. The number of hydrogen-bond donors (Lipinski definition) is 0. The molecule has 0 unspecified atom stereocenters. The number of rotatable bonds is 6. The summed E-state index contributed by atoms with van der Waals surface area (Å²) in [6.07, 6.45) is 0. The van der Waals surface area contributed by atoms with Gasteiger partial charge in [0.15, 0.2) is 11.6 Å². The first-order valence-corrected chi connectivity index (χ1v) is 10.2. The Balaban J connectivity index is 1.69. The molecule has 3 aromatic rings. The molecule has 0 aromatic heterocycles. The van der Waals surface area contributed by atoms with Crippen LogP contribution in [0.1, 0.15) is 66.5 Å². The minimum absolute atomic E-state index is 0.0660. The van der Waals surface area contributed by atoms with Gasteiger partial charge in [-0.2, -0.15) is 0 Å². The monoisotopic (exact) mass is 400 g/mol. The highest BCUT2D eigenvalue weighted by Gasteiger charge is 2.14. The van der Waals surface area contributed by atoms with Crippen molar-refractivity contribution in [1.29, 1.82) is 0 Å². The lowest BCUT2D eigenvalue weighted by Gasteiger charge is -2.19. The predicted octanol–water partition coefficient (Wildman–Crippen LogP) is 6.85. The molecule has 30 heavy (non-hydrogen) atoms. The van der Waals surface area contributed by atoms with Gasteiger partial charge < -0.3 is 4.74 Å². The Morgan fingerprint density at radius 1 is 0.667 bits per heavy atom. The molecule has 0 amide bonds. The van der Waals surface area contributed by atoms with Crippen LogP contribution in [0.4, 0.5) is 0 Å². The summed E-state index contributed by atoms with van der Waals surface area (Å²) in [7, 11) is 0. The smallest absolute Gasteiger partial charge is 0.193 e. The minimum Gasteiger partial charge on any atom is -0.457 e. The first-order chi connectivity index (χ1) is 14.1. The van der Waals surface area contributed by atoms with Crippen molar-refractivity contribution >= 4 is 11.6 Å². The van der Waals surface area contributed by atoms with E-state index in [1.54, 1.807) is 48.5 Å². The van der Waals surface area contributed by atoms with Gasteiger partial charge in [-0.05, 0) is 47.4 Å². The zero-order chi connectivity index (χ0) is 21.9. The molecule has 3 aromatic carbocycles. The van der Waals surface area contributed by atoms with Gasteiger partial charge in [-0.1, -0.05) is 71.0 Å². The summed E-state index contributed by atoms with van der Waals surface area (Å²) in [5.74, 6) is 1.36. The number of carbonyl (C=O) groups is 2. The maximum absolute atomic E-state index is 12.7. The predicted molar refractivity (Wildman–Crippen MR) is 121 cm³/mol. The molecule has 0 heterocycles. The molecule has 0 atom stereocenters. The Hall–Kier alpha value is -3.20. The standard InChI is InChI=1S/C27H28O3/c1-18(2)25(28)19-6-8-20(9-7-19)26(29)21-10-14-23(15-11-21)30-24-16-12-22(13-17-24)27(3,4)5/h6-18H,1-5H3. The topological polar surface area (TPSA) is 43.4 Å². The molecule has 3 nitrogen and oxygen atoms in total. The number of hydrogen-bond acceptors (Lipinski definition) is 3. The van der Waals surface area contributed by atoms with E-state index in [9.17, 15) is 9.59 Å². The normalized spacial score (nSPS) is 11.4. The van der Waals surface area contributed by atoms with Crippen LogP contribution >= 0.6 is 0 Å². The van der Waals surface area contributed by atoms with E-state index in [1.165, 1.54) is 5.56 Å². The van der Waals surface area contributed by atoms with Crippen molar-refractivity contribution in [3.8, 4) is 11.5 Å². The SMILES string of the molecule is CC(C)C(=O)c1ccc(C(=O)c2ccc(Oc3ccc(C(C)(C)C)cc3)cc2)cc1. The van der Waals surface area contributed by atoms with E-state index in [0.717, 1.165) is 5.75 Å². The molecule has 0 N–H and O–H groups in total. The molecule has 3 rings (SSSR count). The third-order valence-electron chi connectivity index (χ3n) is 5.03. The van der Waals surface area contributed by atoms with Gasteiger partial charge in [0, 0.05) is 22.6 Å². The quantitative estimate of drug-likeness (QED) is 0.425. The molecule has 0 saturated carbocycles. The Labute approximate surface area is 178 Å². The van der Waals surface area contributed by atoms with Crippen molar-refractivity contribution in [3.63, 3.8) is 0 Å². The summed E-state index contributed by atoms with van der Waals surface area (Å²) in [4.78, 5) is 24.8. The minimum atomic E-state index is -0.0837. The first kappa shape index (κ1) is 21.5. The van der Waals surface area contributed by atoms with Crippen LogP contribution in [-0.2, 0) is 5.41 Å². The highest BCUT2D eigenvalue weighted by molar-refractivity contribution is 6.09. The van der Waals surface area contributed by atoms with Crippen LogP contribution in [0.15, 0.2) is 72.8 Å². The molecular formula is C27H28O3. The summed E-state index contributed by atoms with van der Waals surface area (Å²) in [5.41, 5.74) is 3.11.